The summed E-state index contributed by atoms with van der Waals surface area (Å²) in [5.41, 5.74) is 6.52. The second-order valence-corrected chi connectivity index (χ2v) is 6.90. The second-order valence-electron chi connectivity index (χ2n) is 4.80. The Bertz CT molecular complexity index is 612. The van der Waals surface area contributed by atoms with E-state index in [9.17, 15) is 13.2 Å². The fraction of sp³-hybridized carbons (Fsp3) is 0.417. The minimum Gasteiger partial charge on any atom is -0.397 e. The Labute approximate surface area is 122 Å². The smallest absolute Gasteiger partial charge is 0.240 e. The fourth-order valence-electron chi connectivity index (χ4n) is 2.04. The van der Waals surface area contributed by atoms with Crippen LogP contribution in [0.2, 0.25) is 5.02 Å². The van der Waals surface area contributed by atoms with E-state index < -0.39 is 10.0 Å². The van der Waals surface area contributed by atoms with E-state index in [0.29, 0.717) is 30.0 Å². The molecule has 20 heavy (non-hydrogen) atoms. The molecule has 1 unspecified atom stereocenters. The van der Waals surface area contributed by atoms with Gasteiger partial charge in [0.2, 0.25) is 15.9 Å². The molecule has 0 aromatic heterocycles. The summed E-state index contributed by atoms with van der Waals surface area (Å²) < 4.78 is 27.1. The van der Waals surface area contributed by atoms with Crippen LogP contribution in [0.15, 0.2) is 17.0 Å². The van der Waals surface area contributed by atoms with Gasteiger partial charge < -0.3 is 11.1 Å². The zero-order chi connectivity index (χ0) is 14.9. The largest absolute Gasteiger partial charge is 0.397 e. The maximum absolute atomic E-state index is 12.3. The van der Waals surface area contributed by atoms with Crippen LogP contribution in [0.5, 0.6) is 0 Å². The first-order chi connectivity index (χ1) is 9.29. The lowest BCUT2D eigenvalue weighted by molar-refractivity contribution is -0.122. The van der Waals surface area contributed by atoms with Gasteiger partial charge in [0.05, 0.1) is 15.6 Å². The van der Waals surface area contributed by atoms with Crippen molar-refractivity contribution in [1.82, 2.24) is 10.0 Å². The molecule has 1 saturated heterocycles. The number of hydrogen-bond donors (Lipinski definition) is 3. The summed E-state index contributed by atoms with van der Waals surface area (Å²) in [6.45, 7) is 1.98. The van der Waals surface area contributed by atoms with Gasteiger partial charge in [-0.25, -0.2) is 13.1 Å². The van der Waals surface area contributed by atoms with Gasteiger partial charge in [0, 0.05) is 19.0 Å². The normalized spacial score (nSPS) is 19.7. The van der Waals surface area contributed by atoms with E-state index >= 15 is 0 Å². The SMILES string of the molecule is Cc1cc(S(=O)(=O)NC2CCC(=O)NC2)cc(N)c1Cl. The highest BCUT2D eigenvalue weighted by Crippen LogP contribution is 2.27. The quantitative estimate of drug-likeness (QED) is 0.717. The van der Waals surface area contributed by atoms with Crippen LogP contribution in [-0.2, 0) is 14.8 Å². The minimum absolute atomic E-state index is 0.0629. The van der Waals surface area contributed by atoms with E-state index in [2.05, 4.69) is 10.0 Å². The molecule has 0 radical (unpaired) electrons. The Kier molecular flexibility index (Phi) is 4.22. The van der Waals surface area contributed by atoms with Crippen molar-refractivity contribution < 1.29 is 13.2 Å². The molecule has 1 aromatic rings. The number of sulfonamides is 1. The maximum Gasteiger partial charge on any atom is 0.240 e. The standard InChI is InChI=1S/C12H16ClN3O3S/c1-7-4-9(5-10(14)12(7)13)20(18,19)16-8-2-3-11(17)15-6-8/h4-5,8,16H,2-3,6,14H2,1H3,(H,15,17). The number of amides is 1. The van der Waals surface area contributed by atoms with Gasteiger partial charge in [-0.1, -0.05) is 11.6 Å². The van der Waals surface area contributed by atoms with E-state index in [1.54, 1.807) is 6.92 Å². The molecular formula is C12H16ClN3O3S. The first-order valence-electron chi connectivity index (χ1n) is 6.14. The number of halogens is 1. The van der Waals surface area contributed by atoms with Crippen LogP contribution in [0.3, 0.4) is 0 Å². The summed E-state index contributed by atoms with van der Waals surface area (Å²) in [7, 11) is -3.68. The van der Waals surface area contributed by atoms with Crippen molar-refractivity contribution in [3.8, 4) is 0 Å². The Morgan fingerprint density at radius 1 is 1.45 bits per heavy atom. The van der Waals surface area contributed by atoms with Gasteiger partial charge in [0.1, 0.15) is 0 Å². The lowest BCUT2D eigenvalue weighted by Crippen LogP contribution is -2.47. The number of aryl methyl sites for hydroxylation is 1. The van der Waals surface area contributed by atoms with Crippen molar-refractivity contribution in [2.45, 2.75) is 30.7 Å². The highest BCUT2D eigenvalue weighted by Gasteiger charge is 2.24. The number of carbonyl (C=O) groups is 1. The van der Waals surface area contributed by atoms with Crippen molar-refractivity contribution in [3.05, 3.63) is 22.7 Å². The topological polar surface area (TPSA) is 101 Å². The number of rotatable bonds is 3. The average Bonchev–Trinajstić information content (AvgIpc) is 2.38. The number of benzene rings is 1. The third kappa shape index (κ3) is 3.23. The number of nitrogen functional groups attached to an aromatic ring is 1. The Morgan fingerprint density at radius 2 is 2.15 bits per heavy atom. The maximum atomic E-state index is 12.3. The van der Waals surface area contributed by atoms with Gasteiger partial charge >= 0.3 is 0 Å². The van der Waals surface area contributed by atoms with E-state index in [4.69, 9.17) is 17.3 Å². The molecule has 6 nitrogen and oxygen atoms in total. The highest BCUT2D eigenvalue weighted by molar-refractivity contribution is 7.89. The van der Waals surface area contributed by atoms with Crippen molar-refractivity contribution >= 4 is 33.2 Å². The molecule has 4 N–H and O–H groups in total. The van der Waals surface area contributed by atoms with Crippen LogP contribution in [-0.4, -0.2) is 26.9 Å². The molecule has 0 aliphatic carbocycles. The van der Waals surface area contributed by atoms with Gasteiger partial charge in [-0.3, -0.25) is 4.79 Å². The molecule has 0 saturated carbocycles. The average molecular weight is 318 g/mol. The summed E-state index contributed by atoms with van der Waals surface area (Å²) in [5.74, 6) is -0.0629. The minimum atomic E-state index is -3.68. The van der Waals surface area contributed by atoms with Gasteiger partial charge in [-0.2, -0.15) is 0 Å². The third-order valence-corrected chi connectivity index (χ3v) is 5.17. The van der Waals surface area contributed by atoms with E-state index in [1.165, 1.54) is 12.1 Å². The second kappa shape index (κ2) is 5.59. The number of carbonyl (C=O) groups excluding carboxylic acids is 1. The van der Waals surface area contributed by atoms with Crippen LogP contribution >= 0.6 is 11.6 Å². The van der Waals surface area contributed by atoms with Crippen LogP contribution < -0.4 is 15.8 Å². The zero-order valence-electron chi connectivity index (χ0n) is 10.9. The molecule has 1 atom stereocenters. The van der Waals surface area contributed by atoms with Crippen LogP contribution in [0.25, 0.3) is 0 Å². The molecular weight excluding hydrogens is 302 g/mol. The highest BCUT2D eigenvalue weighted by atomic mass is 35.5. The molecule has 8 heteroatoms. The molecule has 2 rings (SSSR count). The number of piperidine rings is 1. The zero-order valence-corrected chi connectivity index (χ0v) is 12.5. The van der Waals surface area contributed by atoms with E-state index in [0.717, 1.165) is 0 Å². The van der Waals surface area contributed by atoms with E-state index in [1.807, 2.05) is 0 Å². The van der Waals surface area contributed by atoms with Crippen molar-refractivity contribution in [3.63, 3.8) is 0 Å². The molecule has 1 amide bonds. The van der Waals surface area contributed by atoms with Gasteiger partial charge in [-0.15, -0.1) is 0 Å². The molecule has 1 fully saturated rings. The first-order valence-corrected chi connectivity index (χ1v) is 8.00. The number of nitrogens with one attached hydrogen (secondary N) is 2. The predicted octanol–water partition coefficient (Wildman–Crippen LogP) is 0.788. The van der Waals surface area contributed by atoms with E-state index in [-0.39, 0.29) is 22.5 Å². The Balaban J connectivity index is 2.20. The molecule has 110 valence electrons. The van der Waals surface area contributed by atoms with Gasteiger partial charge in [0.15, 0.2) is 0 Å². The lowest BCUT2D eigenvalue weighted by atomic mass is 10.1. The monoisotopic (exact) mass is 317 g/mol. The molecule has 1 heterocycles. The van der Waals surface area contributed by atoms with Crippen LogP contribution in [0.1, 0.15) is 18.4 Å². The number of hydrogen-bond acceptors (Lipinski definition) is 4. The fourth-order valence-corrected chi connectivity index (χ4v) is 3.54. The summed E-state index contributed by atoms with van der Waals surface area (Å²) in [6.07, 6.45) is 0.794. The third-order valence-electron chi connectivity index (χ3n) is 3.15. The summed E-state index contributed by atoms with van der Waals surface area (Å²) in [5, 5.41) is 2.98. The summed E-state index contributed by atoms with van der Waals surface area (Å²) >= 11 is 5.92. The molecule has 0 spiro atoms. The van der Waals surface area contributed by atoms with Crippen molar-refractivity contribution in [2.24, 2.45) is 0 Å². The molecule has 1 aromatic carbocycles. The Hall–Kier alpha value is -1.31. The molecule has 1 aliphatic heterocycles. The van der Waals surface area contributed by atoms with Crippen LogP contribution in [0, 0.1) is 6.92 Å². The van der Waals surface area contributed by atoms with Gasteiger partial charge in [0.25, 0.3) is 0 Å². The van der Waals surface area contributed by atoms with Crippen molar-refractivity contribution in [1.29, 1.82) is 0 Å². The number of nitrogens with two attached hydrogens (primary N) is 1. The predicted molar refractivity (Wildman–Crippen MR) is 77.0 cm³/mol. The lowest BCUT2D eigenvalue weighted by Gasteiger charge is -2.23. The summed E-state index contributed by atoms with van der Waals surface area (Å²) in [6, 6.07) is 2.50. The molecule has 0 bridgehead atoms. The molecule has 1 aliphatic rings. The number of anilines is 1. The Morgan fingerprint density at radius 3 is 2.70 bits per heavy atom. The van der Waals surface area contributed by atoms with Crippen LogP contribution in [0.4, 0.5) is 5.69 Å². The first kappa shape index (κ1) is 15.1. The van der Waals surface area contributed by atoms with Gasteiger partial charge in [-0.05, 0) is 31.0 Å². The van der Waals surface area contributed by atoms with Crippen molar-refractivity contribution in [2.75, 3.05) is 12.3 Å². The summed E-state index contributed by atoms with van der Waals surface area (Å²) in [4.78, 5) is 11.1.